The van der Waals surface area contributed by atoms with E-state index in [9.17, 15) is 0 Å². The van der Waals surface area contributed by atoms with Gasteiger partial charge in [0.15, 0.2) is 0 Å². The lowest BCUT2D eigenvalue weighted by Crippen LogP contribution is -2.03. The Morgan fingerprint density at radius 3 is 2.76 bits per heavy atom. The Kier molecular flexibility index (Phi) is 2.44. The molecular formula is C13H16N4. The maximum atomic E-state index is 5.76. The zero-order chi connectivity index (χ0) is 11.8. The van der Waals surface area contributed by atoms with Gasteiger partial charge < -0.3 is 5.73 Å². The number of nitrogens with two attached hydrogens (primary N) is 1. The molecule has 0 amide bonds. The van der Waals surface area contributed by atoms with Crippen molar-refractivity contribution in [2.24, 2.45) is 5.73 Å². The van der Waals surface area contributed by atoms with Gasteiger partial charge in [-0.05, 0) is 25.3 Å². The number of hydrogen-bond donors (Lipinski definition) is 1. The third-order valence-electron chi connectivity index (χ3n) is 3.25. The van der Waals surface area contributed by atoms with Gasteiger partial charge in [0.2, 0.25) is 0 Å². The lowest BCUT2D eigenvalue weighted by atomic mass is 10.0. The van der Waals surface area contributed by atoms with Crippen molar-refractivity contribution in [1.29, 1.82) is 0 Å². The van der Waals surface area contributed by atoms with E-state index in [0.717, 1.165) is 11.4 Å². The van der Waals surface area contributed by atoms with Crippen LogP contribution in [0.2, 0.25) is 0 Å². The van der Waals surface area contributed by atoms with Crippen LogP contribution in [0.25, 0.3) is 11.3 Å². The summed E-state index contributed by atoms with van der Waals surface area (Å²) in [6.07, 6.45) is 2.40. The average Bonchev–Trinajstić information content (AvgIpc) is 3.10. The minimum Gasteiger partial charge on any atom is -0.325 e. The Hall–Kier alpha value is -1.68. The van der Waals surface area contributed by atoms with Crippen LogP contribution in [-0.2, 0) is 6.54 Å². The van der Waals surface area contributed by atoms with E-state index in [4.69, 9.17) is 5.73 Å². The van der Waals surface area contributed by atoms with E-state index in [1.54, 1.807) is 0 Å². The molecule has 1 saturated carbocycles. The van der Waals surface area contributed by atoms with Crippen LogP contribution in [0.3, 0.4) is 0 Å². The summed E-state index contributed by atoms with van der Waals surface area (Å²) in [5.74, 6) is 0. The van der Waals surface area contributed by atoms with Crippen molar-refractivity contribution in [2.45, 2.75) is 32.4 Å². The first-order chi connectivity index (χ1) is 8.31. The van der Waals surface area contributed by atoms with Crippen LogP contribution in [0.5, 0.6) is 0 Å². The summed E-state index contributed by atoms with van der Waals surface area (Å²) in [4.78, 5) is 0. The minimum absolute atomic E-state index is 0.441. The maximum absolute atomic E-state index is 5.76. The van der Waals surface area contributed by atoms with Gasteiger partial charge in [-0.15, -0.1) is 5.10 Å². The van der Waals surface area contributed by atoms with Crippen LogP contribution in [0.4, 0.5) is 0 Å². The monoisotopic (exact) mass is 228 g/mol. The number of aryl methyl sites for hydroxylation is 1. The van der Waals surface area contributed by atoms with Crippen LogP contribution in [-0.4, -0.2) is 15.0 Å². The predicted molar refractivity (Wildman–Crippen MR) is 66.4 cm³/mol. The molecule has 0 unspecified atom stereocenters. The van der Waals surface area contributed by atoms with E-state index in [-0.39, 0.29) is 0 Å². The van der Waals surface area contributed by atoms with Gasteiger partial charge in [0, 0.05) is 12.1 Å². The zero-order valence-corrected chi connectivity index (χ0v) is 9.93. The average molecular weight is 228 g/mol. The van der Waals surface area contributed by atoms with E-state index in [1.807, 2.05) is 16.8 Å². The van der Waals surface area contributed by atoms with Crippen LogP contribution in [0.1, 0.15) is 30.1 Å². The second-order valence-electron chi connectivity index (χ2n) is 4.58. The van der Waals surface area contributed by atoms with E-state index in [1.165, 1.54) is 24.0 Å². The summed E-state index contributed by atoms with van der Waals surface area (Å²) < 4.78 is 2.05. The fourth-order valence-electron chi connectivity index (χ4n) is 2.16. The topological polar surface area (TPSA) is 56.7 Å². The van der Waals surface area contributed by atoms with Crippen LogP contribution in [0, 0.1) is 6.92 Å². The van der Waals surface area contributed by atoms with Crippen molar-refractivity contribution in [3.8, 4) is 11.3 Å². The van der Waals surface area contributed by atoms with E-state index >= 15 is 0 Å². The summed E-state index contributed by atoms with van der Waals surface area (Å²) in [5.41, 5.74) is 10.2. The number of rotatable bonds is 3. The SMILES string of the molecule is Cc1ccccc1-c1c(CN)nnn1C1CC1. The first-order valence-electron chi connectivity index (χ1n) is 6.01. The van der Waals surface area contributed by atoms with Gasteiger partial charge in [0.1, 0.15) is 5.69 Å². The maximum Gasteiger partial charge on any atom is 0.104 e. The third-order valence-corrected chi connectivity index (χ3v) is 3.25. The molecule has 0 bridgehead atoms. The molecule has 0 radical (unpaired) electrons. The van der Waals surface area contributed by atoms with Crippen molar-refractivity contribution >= 4 is 0 Å². The predicted octanol–water partition coefficient (Wildman–Crippen LogP) is 2.05. The smallest absolute Gasteiger partial charge is 0.104 e. The molecule has 1 aromatic heterocycles. The fraction of sp³-hybridized carbons (Fsp3) is 0.385. The van der Waals surface area contributed by atoms with Gasteiger partial charge in [-0.1, -0.05) is 29.5 Å². The van der Waals surface area contributed by atoms with Crippen molar-refractivity contribution in [1.82, 2.24) is 15.0 Å². The fourth-order valence-corrected chi connectivity index (χ4v) is 2.16. The van der Waals surface area contributed by atoms with Gasteiger partial charge in [0.25, 0.3) is 0 Å². The Morgan fingerprint density at radius 1 is 1.35 bits per heavy atom. The van der Waals surface area contributed by atoms with Crippen molar-refractivity contribution in [3.63, 3.8) is 0 Å². The Bertz CT molecular complexity index is 540. The van der Waals surface area contributed by atoms with Gasteiger partial charge in [0.05, 0.1) is 11.7 Å². The van der Waals surface area contributed by atoms with Gasteiger partial charge in [-0.2, -0.15) is 0 Å². The quantitative estimate of drug-likeness (QED) is 0.874. The van der Waals surface area contributed by atoms with Crippen LogP contribution in [0.15, 0.2) is 24.3 Å². The molecule has 1 aromatic carbocycles. The van der Waals surface area contributed by atoms with Gasteiger partial charge >= 0.3 is 0 Å². The minimum atomic E-state index is 0.441. The van der Waals surface area contributed by atoms with Crippen LogP contribution >= 0.6 is 0 Å². The highest BCUT2D eigenvalue weighted by atomic mass is 15.5. The number of benzene rings is 1. The summed E-state index contributed by atoms with van der Waals surface area (Å²) in [6, 6.07) is 8.85. The van der Waals surface area contributed by atoms with E-state index in [0.29, 0.717) is 12.6 Å². The largest absolute Gasteiger partial charge is 0.325 e. The molecule has 0 aliphatic heterocycles. The molecule has 17 heavy (non-hydrogen) atoms. The molecule has 0 spiro atoms. The molecule has 2 N–H and O–H groups in total. The molecule has 1 fully saturated rings. The summed E-state index contributed by atoms with van der Waals surface area (Å²) in [7, 11) is 0. The molecule has 0 saturated heterocycles. The van der Waals surface area contributed by atoms with Crippen molar-refractivity contribution < 1.29 is 0 Å². The first kappa shape index (κ1) is 10.5. The Labute approximate surface area is 100 Å². The molecule has 1 heterocycles. The van der Waals surface area contributed by atoms with Gasteiger partial charge in [-0.3, -0.25) is 0 Å². The van der Waals surface area contributed by atoms with E-state index in [2.05, 4.69) is 29.4 Å². The highest BCUT2D eigenvalue weighted by Gasteiger charge is 2.29. The van der Waals surface area contributed by atoms with Crippen molar-refractivity contribution in [2.75, 3.05) is 0 Å². The molecule has 2 aromatic rings. The molecule has 3 rings (SSSR count). The molecule has 1 aliphatic rings. The lowest BCUT2D eigenvalue weighted by Gasteiger charge is -2.09. The summed E-state index contributed by atoms with van der Waals surface area (Å²) >= 11 is 0. The molecule has 4 nitrogen and oxygen atoms in total. The number of nitrogens with zero attached hydrogens (tertiary/aromatic N) is 3. The first-order valence-corrected chi connectivity index (χ1v) is 6.01. The summed E-state index contributed by atoms with van der Waals surface area (Å²) in [6.45, 7) is 2.55. The van der Waals surface area contributed by atoms with E-state index < -0.39 is 0 Å². The van der Waals surface area contributed by atoms with Gasteiger partial charge in [-0.25, -0.2) is 4.68 Å². The Balaban J connectivity index is 2.18. The normalized spacial score (nSPS) is 15.2. The molecule has 0 atom stereocenters. The second kappa shape index (κ2) is 3.96. The highest BCUT2D eigenvalue weighted by molar-refractivity contribution is 5.66. The number of hydrogen-bond acceptors (Lipinski definition) is 3. The molecule has 1 aliphatic carbocycles. The van der Waals surface area contributed by atoms with Crippen LogP contribution < -0.4 is 5.73 Å². The number of aromatic nitrogens is 3. The Morgan fingerprint density at radius 2 is 2.12 bits per heavy atom. The summed E-state index contributed by atoms with van der Waals surface area (Å²) in [5, 5.41) is 8.45. The van der Waals surface area contributed by atoms with Crippen molar-refractivity contribution in [3.05, 3.63) is 35.5 Å². The molecule has 4 heteroatoms. The lowest BCUT2D eigenvalue weighted by molar-refractivity contribution is 0.616. The molecule has 88 valence electrons. The molecular weight excluding hydrogens is 212 g/mol. The standard InChI is InChI=1S/C13H16N4/c1-9-4-2-3-5-11(9)13-12(8-14)15-16-17(13)10-6-7-10/h2-5,10H,6-8,14H2,1H3. The second-order valence-corrected chi connectivity index (χ2v) is 4.58. The third kappa shape index (κ3) is 1.74. The zero-order valence-electron chi connectivity index (χ0n) is 9.93. The highest BCUT2D eigenvalue weighted by Crippen LogP contribution is 2.38.